The Balaban J connectivity index is 1.78. The fraction of sp³-hybridized carbons (Fsp3) is 0.333. The van der Waals surface area contributed by atoms with Gasteiger partial charge in [0.25, 0.3) is 5.91 Å². The molecule has 0 spiro atoms. The average molecular weight is 427 g/mol. The lowest BCUT2D eigenvalue weighted by atomic mass is 10.1. The van der Waals surface area contributed by atoms with Gasteiger partial charge in [0, 0.05) is 25.3 Å². The summed E-state index contributed by atoms with van der Waals surface area (Å²) in [6, 6.07) is 6.36. The molecule has 3 rings (SSSR count). The number of imidazole rings is 1. The molecule has 0 aliphatic rings. The minimum atomic E-state index is -0.499. The standard InChI is InChI=1S/C21H27FN8O/c1-12(23)6-5-9-30(3)18-14(22)7-4-8-15(18)28-20(31)19-25-11-17(27-19)16-10-13(2)26-21(24)29-16/h4,7-8,10-12H,5-6,9,23H2,1-3H3,(H,25,27)(H,28,31)(H2,24,26,29). The minimum Gasteiger partial charge on any atom is -0.371 e. The highest BCUT2D eigenvalue weighted by Gasteiger charge is 2.18. The summed E-state index contributed by atoms with van der Waals surface area (Å²) in [5, 5.41) is 2.74. The van der Waals surface area contributed by atoms with Gasteiger partial charge in [-0.15, -0.1) is 0 Å². The Hall–Kier alpha value is -3.53. The maximum atomic E-state index is 14.6. The topological polar surface area (TPSA) is 139 Å². The summed E-state index contributed by atoms with van der Waals surface area (Å²) in [6.45, 7) is 4.33. The third kappa shape index (κ3) is 5.54. The maximum Gasteiger partial charge on any atom is 0.291 e. The lowest BCUT2D eigenvalue weighted by Gasteiger charge is -2.23. The van der Waals surface area contributed by atoms with Gasteiger partial charge in [-0.3, -0.25) is 4.79 Å². The zero-order chi connectivity index (χ0) is 22.5. The molecule has 2 aromatic heterocycles. The second-order valence-corrected chi connectivity index (χ2v) is 7.53. The lowest BCUT2D eigenvalue weighted by Crippen LogP contribution is -2.25. The van der Waals surface area contributed by atoms with Crippen LogP contribution in [0.15, 0.2) is 30.5 Å². The Bertz CT molecular complexity index is 1050. The van der Waals surface area contributed by atoms with Crippen molar-refractivity contribution in [2.75, 3.05) is 29.5 Å². The van der Waals surface area contributed by atoms with Crippen molar-refractivity contribution in [2.45, 2.75) is 32.7 Å². The van der Waals surface area contributed by atoms with Gasteiger partial charge in [0.1, 0.15) is 5.82 Å². The number of nitrogens with two attached hydrogens (primary N) is 2. The Morgan fingerprint density at radius 1 is 1.35 bits per heavy atom. The van der Waals surface area contributed by atoms with Gasteiger partial charge >= 0.3 is 0 Å². The molecule has 0 radical (unpaired) electrons. The monoisotopic (exact) mass is 426 g/mol. The third-order valence-corrected chi connectivity index (χ3v) is 4.71. The first-order valence-electron chi connectivity index (χ1n) is 9.97. The fourth-order valence-electron chi connectivity index (χ4n) is 3.24. The molecular weight excluding hydrogens is 399 g/mol. The Labute approximate surface area is 180 Å². The highest BCUT2D eigenvalue weighted by atomic mass is 19.1. The molecule has 1 aromatic carbocycles. The van der Waals surface area contributed by atoms with Gasteiger partial charge in [-0.25, -0.2) is 19.3 Å². The summed E-state index contributed by atoms with van der Waals surface area (Å²) in [4.78, 5) is 29.8. The maximum absolute atomic E-state index is 14.6. The number of aryl methyl sites for hydroxylation is 1. The van der Waals surface area contributed by atoms with Crippen molar-refractivity contribution < 1.29 is 9.18 Å². The number of nitrogens with one attached hydrogen (secondary N) is 2. The number of carbonyl (C=O) groups excluding carboxylic acids is 1. The number of rotatable bonds is 8. The van der Waals surface area contributed by atoms with Gasteiger partial charge < -0.3 is 26.7 Å². The first-order chi connectivity index (χ1) is 14.7. The predicted molar refractivity (Wildman–Crippen MR) is 119 cm³/mol. The molecule has 3 aromatic rings. The molecular formula is C21H27FN8O. The van der Waals surface area contributed by atoms with Crippen LogP contribution in [-0.2, 0) is 0 Å². The van der Waals surface area contributed by atoms with Gasteiger partial charge in [0.05, 0.1) is 29.0 Å². The van der Waals surface area contributed by atoms with Crippen LogP contribution in [0.2, 0.25) is 0 Å². The van der Waals surface area contributed by atoms with Crippen LogP contribution in [-0.4, -0.2) is 45.5 Å². The molecule has 164 valence electrons. The van der Waals surface area contributed by atoms with E-state index in [0.29, 0.717) is 35.0 Å². The molecule has 31 heavy (non-hydrogen) atoms. The number of carbonyl (C=O) groups is 1. The molecule has 0 saturated carbocycles. The van der Waals surface area contributed by atoms with Crippen LogP contribution >= 0.6 is 0 Å². The van der Waals surface area contributed by atoms with Crippen molar-refractivity contribution in [3.05, 3.63) is 47.8 Å². The number of amides is 1. The van der Waals surface area contributed by atoms with Gasteiger partial charge in [-0.05, 0) is 44.9 Å². The molecule has 6 N–H and O–H groups in total. The van der Waals surface area contributed by atoms with Crippen molar-refractivity contribution in [1.82, 2.24) is 19.9 Å². The predicted octanol–water partition coefficient (Wildman–Crippen LogP) is 2.71. The molecule has 2 heterocycles. The van der Waals surface area contributed by atoms with Crippen molar-refractivity contribution >= 4 is 23.2 Å². The molecule has 0 fully saturated rings. The summed E-state index contributed by atoms with van der Waals surface area (Å²) >= 11 is 0. The van der Waals surface area contributed by atoms with E-state index in [1.807, 2.05) is 6.92 Å². The summed E-state index contributed by atoms with van der Waals surface area (Å²) in [5.41, 5.74) is 13.9. The zero-order valence-electron chi connectivity index (χ0n) is 17.8. The SMILES string of the molecule is Cc1cc(-c2cnc(C(=O)Nc3cccc(F)c3N(C)CCCC(C)N)[nH]2)nc(N)n1. The van der Waals surface area contributed by atoms with Crippen LogP contribution in [0.4, 0.5) is 21.7 Å². The Morgan fingerprint density at radius 2 is 2.13 bits per heavy atom. The molecule has 0 bridgehead atoms. The van der Waals surface area contributed by atoms with E-state index < -0.39 is 11.7 Å². The summed E-state index contributed by atoms with van der Waals surface area (Å²) in [7, 11) is 1.78. The first kappa shape index (κ1) is 22.2. The number of H-pyrrole nitrogens is 1. The average Bonchev–Trinajstić information content (AvgIpc) is 3.17. The number of nitrogen functional groups attached to an aromatic ring is 1. The summed E-state index contributed by atoms with van der Waals surface area (Å²) in [6.07, 6.45) is 3.12. The van der Waals surface area contributed by atoms with E-state index in [1.165, 1.54) is 12.3 Å². The van der Waals surface area contributed by atoms with Crippen molar-refractivity contribution in [3.8, 4) is 11.4 Å². The van der Waals surface area contributed by atoms with E-state index in [4.69, 9.17) is 11.5 Å². The van der Waals surface area contributed by atoms with E-state index in [9.17, 15) is 9.18 Å². The van der Waals surface area contributed by atoms with Crippen LogP contribution in [0.25, 0.3) is 11.4 Å². The third-order valence-electron chi connectivity index (χ3n) is 4.71. The number of aromatic amines is 1. The van der Waals surface area contributed by atoms with E-state index in [2.05, 4.69) is 25.3 Å². The summed E-state index contributed by atoms with van der Waals surface area (Å²) in [5.74, 6) is -0.722. The van der Waals surface area contributed by atoms with E-state index >= 15 is 0 Å². The van der Waals surface area contributed by atoms with E-state index in [-0.39, 0.29) is 17.8 Å². The van der Waals surface area contributed by atoms with Crippen LogP contribution in [0.1, 0.15) is 36.1 Å². The van der Waals surface area contributed by atoms with Crippen LogP contribution < -0.4 is 21.7 Å². The smallest absolute Gasteiger partial charge is 0.291 e. The number of hydrogen-bond acceptors (Lipinski definition) is 7. The number of para-hydroxylation sites is 1. The second-order valence-electron chi connectivity index (χ2n) is 7.53. The molecule has 10 heteroatoms. The first-order valence-corrected chi connectivity index (χ1v) is 9.97. The largest absolute Gasteiger partial charge is 0.371 e. The molecule has 1 amide bonds. The highest BCUT2D eigenvalue weighted by Crippen LogP contribution is 2.29. The van der Waals surface area contributed by atoms with Crippen LogP contribution in [0.5, 0.6) is 0 Å². The highest BCUT2D eigenvalue weighted by molar-refractivity contribution is 6.04. The molecule has 0 aliphatic carbocycles. The normalized spacial score (nSPS) is 11.9. The minimum absolute atomic E-state index is 0.0691. The number of benzene rings is 1. The van der Waals surface area contributed by atoms with Gasteiger partial charge in [-0.1, -0.05) is 6.07 Å². The number of hydrogen-bond donors (Lipinski definition) is 4. The Morgan fingerprint density at radius 3 is 2.84 bits per heavy atom. The molecule has 1 atom stereocenters. The van der Waals surface area contributed by atoms with Gasteiger partial charge in [0.15, 0.2) is 5.82 Å². The molecule has 1 unspecified atom stereocenters. The van der Waals surface area contributed by atoms with Crippen molar-refractivity contribution in [1.29, 1.82) is 0 Å². The van der Waals surface area contributed by atoms with E-state index in [0.717, 1.165) is 12.8 Å². The van der Waals surface area contributed by atoms with Crippen molar-refractivity contribution in [2.24, 2.45) is 5.73 Å². The lowest BCUT2D eigenvalue weighted by molar-refractivity contribution is 0.101. The van der Waals surface area contributed by atoms with E-state index in [1.54, 1.807) is 37.1 Å². The summed E-state index contributed by atoms with van der Waals surface area (Å²) < 4.78 is 14.6. The number of nitrogens with zero attached hydrogens (tertiary/aromatic N) is 4. The fourth-order valence-corrected chi connectivity index (χ4v) is 3.24. The molecule has 0 aliphatic heterocycles. The zero-order valence-corrected chi connectivity index (χ0v) is 17.8. The Kier molecular flexibility index (Phi) is 6.81. The number of halogens is 1. The second kappa shape index (κ2) is 9.52. The molecule has 9 nitrogen and oxygen atoms in total. The van der Waals surface area contributed by atoms with Gasteiger partial charge in [-0.2, -0.15) is 0 Å². The number of aromatic nitrogens is 4. The molecule has 0 saturated heterocycles. The quantitative estimate of drug-likeness (QED) is 0.434. The number of anilines is 3. The van der Waals surface area contributed by atoms with Crippen LogP contribution in [0.3, 0.4) is 0 Å². The van der Waals surface area contributed by atoms with Gasteiger partial charge in [0.2, 0.25) is 5.95 Å². The van der Waals surface area contributed by atoms with Crippen LogP contribution in [0, 0.1) is 12.7 Å². The van der Waals surface area contributed by atoms with Crippen molar-refractivity contribution in [3.63, 3.8) is 0 Å².